The van der Waals surface area contributed by atoms with E-state index in [1.165, 1.54) is 32.1 Å². The molecule has 1 aliphatic carbocycles. The van der Waals surface area contributed by atoms with Gasteiger partial charge in [0.25, 0.3) is 0 Å². The lowest BCUT2D eigenvalue weighted by Gasteiger charge is -2.28. The second kappa shape index (κ2) is 8.43. The number of rotatable bonds is 7. The Morgan fingerprint density at radius 1 is 1.20 bits per heavy atom. The zero-order valence-electron chi connectivity index (χ0n) is 9.78. The summed E-state index contributed by atoms with van der Waals surface area (Å²) in [6.45, 7) is 4.47. The lowest BCUT2D eigenvalue weighted by atomic mass is 9.85. The van der Waals surface area contributed by atoms with Crippen molar-refractivity contribution >= 4 is 12.6 Å². The molecule has 2 unspecified atom stereocenters. The quantitative estimate of drug-likeness (QED) is 0.537. The Morgan fingerprint density at radius 2 is 2.07 bits per heavy atom. The molecule has 0 saturated heterocycles. The van der Waals surface area contributed by atoms with Crippen LogP contribution in [0.4, 0.5) is 0 Å². The van der Waals surface area contributed by atoms with Crippen LogP contribution in [0.5, 0.6) is 0 Å². The van der Waals surface area contributed by atoms with Gasteiger partial charge in [-0.2, -0.15) is 12.6 Å². The monoisotopic (exact) mass is 232 g/mol. The smallest absolute Gasteiger partial charge is 0.0704 e. The van der Waals surface area contributed by atoms with Crippen LogP contribution in [0.25, 0.3) is 0 Å². The van der Waals surface area contributed by atoms with Crippen molar-refractivity contribution in [3.05, 3.63) is 0 Å². The van der Waals surface area contributed by atoms with Gasteiger partial charge < -0.3 is 9.47 Å². The maximum Gasteiger partial charge on any atom is 0.0704 e. The highest BCUT2D eigenvalue weighted by molar-refractivity contribution is 7.80. The minimum atomic E-state index is 0.489. The Kier molecular flexibility index (Phi) is 7.49. The van der Waals surface area contributed by atoms with Gasteiger partial charge in [0.05, 0.1) is 25.9 Å². The van der Waals surface area contributed by atoms with Crippen molar-refractivity contribution in [2.75, 3.05) is 25.6 Å². The molecule has 0 amide bonds. The van der Waals surface area contributed by atoms with Gasteiger partial charge in [-0.1, -0.05) is 26.2 Å². The topological polar surface area (TPSA) is 18.5 Å². The summed E-state index contributed by atoms with van der Waals surface area (Å²) in [5.74, 6) is 1.68. The van der Waals surface area contributed by atoms with E-state index in [9.17, 15) is 0 Å². The first-order chi connectivity index (χ1) is 7.36. The summed E-state index contributed by atoms with van der Waals surface area (Å²) < 4.78 is 11.1. The zero-order valence-corrected chi connectivity index (χ0v) is 10.7. The Balaban J connectivity index is 2.00. The first-order valence-corrected chi connectivity index (χ1v) is 6.80. The molecule has 15 heavy (non-hydrogen) atoms. The van der Waals surface area contributed by atoms with Crippen molar-refractivity contribution in [1.29, 1.82) is 0 Å². The second-order valence-corrected chi connectivity index (χ2v) is 4.72. The highest BCUT2D eigenvalue weighted by Gasteiger charge is 2.20. The molecule has 0 bridgehead atoms. The van der Waals surface area contributed by atoms with Crippen LogP contribution in [-0.4, -0.2) is 31.7 Å². The Hall–Kier alpha value is 0.270. The standard InChI is InChI=1S/C12H24O2S/c1-2-11-4-3-5-12(10-11)14-7-6-13-8-9-15/h11-12,15H,2-10H2,1H3. The SMILES string of the molecule is CCC1CCCC(OCCOCCS)C1. The van der Waals surface area contributed by atoms with Crippen molar-refractivity contribution in [2.24, 2.45) is 5.92 Å². The van der Waals surface area contributed by atoms with Crippen LogP contribution in [-0.2, 0) is 9.47 Å². The molecule has 1 saturated carbocycles. The van der Waals surface area contributed by atoms with E-state index in [-0.39, 0.29) is 0 Å². The Morgan fingerprint density at radius 3 is 2.80 bits per heavy atom. The van der Waals surface area contributed by atoms with E-state index in [2.05, 4.69) is 19.6 Å². The summed E-state index contributed by atoms with van der Waals surface area (Å²) in [7, 11) is 0. The molecule has 1 aliphatic rings. The first-order valence-electron chi connectivity index (χ1n) is 6.17. The molecule has 0 aromatic carbocycles. The van der Waals surface area contributed by atoms with E-state index < -0.39 is 0 Å². The zero-order chi connectivity index (χ0) is 10.9. The van der Waals surface area contributed by atoms with Crippen LogP contribution in [0.2, 0.25) is 0 Å². The van der Waals surface area contributed by atoms with E-state index >= 15 is 0 Å². The summed E-state index contributed by atoms with van der Waals surface area (Å²) in [5, 5.41) is 0. The van der Waals surface area contributed by atoms with E-state index in [4.69, 9.17) is 9.47 Å². The van der Waals surface area contributed by atoms with Crippen molar-refractivity contribution < 1.29 is 9.47 Å². The molecular weight excluding hydrogens is 208 g/mol. The maximum atomic E-state index is 5.81. The molecule has 2 nitrogen and oxygen atoms in total. The van der Waals surface area contributed by atoms with Gasteiger partial charge in [-0.25, -0.2) is 0 Å². The van der Waals surface area contributed by atoms with Gasteiger partial charge in [-0.05, 0) is 18.8 Å². The predicted octanol–water partition coefficient (Wildman–Crippen LogP) is 2.92. The van der Waals surface area contributed by atoms with Crippen LogP contribution in [0.1, 0.15) is 39.0 Å². The summed E-state index contributed by atoms with van der Waals surface area (Å²) in [6, 6.07) is 0. The van der Waals surface area contributed by atoms with Crippen LogP contribution < -0.4 is 0 Å². The van der Waals surface area contributed by atoms with Crippen molar-refractivity contribution in [1.82, 2.24) is 0 Å². The fourth-order valence-electron chi connectivity index (χ4n) is 2.20. The van der Waals surface area contributed by atoms with Crippen LogP contribution >= 0.6 is 12.6 Å². The number of ether oxygens (including phenoxy) is 2. The van der Waals surface area contributed by atoms with Gasteiger partial charge in [-0.15, -0.1) is 0 Å². The molecule has 0 radical (unpaired) electrons. The molecule has 0 spiro atoms. The molecule has 0 heterocycles. The molecule has 0 aliphatic heterocycles. The van der Waals surface area contributed by atoms with Gasteiger partial charge in [0.2, 0.25) is 0 Å². The predicted molar refractivity (Wildman–Crippen MR) is 66.7 cm³/mol. The first kappa shape index (κ1) is 13.3. The van der Waals surface area contributed by atoms with Gasteiger partial charge in [-0.3, -0.25) is 0 Å². The lowest BCUT2D eigenvalue weighted by molar-refractivity contribution is -0.0179. The van der Waals surface area contributed by atoms with Crippen molar-refractivity contribution in [3.8, 4) is 0 Å². The van der Waals surface area contributed by atoms with E-state index in [1.807, 2.05) is 0 Å². The van der Waals surface area contributed by atoms with Crippen LogP contribution in [0.15, 0.2) is 0 Å². The van der Waals surface area contributed by atoms with E-state index in [0.717, 1.165) is 24.9 Å². The number of hydrogen-bond donors (Lipinski definition) is 1. The molecule has 0 aromatic rings. The molecule has 0 N–H and O–H groups in total. The van der Waals surface area contributed by atoms with E-state index in [1.54, 1.807) is 0 Å². The third-order valence-corrected chi connectivity index (χ3v) is 3.31. The largest absolute Gasteiger partial charge is 0.378 e. The molecule has 90 valence electrons. The number of hydrogen-bond acceptors (Lipinski definition) is 3. The van der Waals surface area contributed by atoms with E-state index in [0.29, 0.717) is 12.7 Å². The Labute approximate surface area is 99.1 Å². The summed E-state index contributed by atoms with van der Waals surface area (Å²) in [5.41, 5.74) is 0. The average molecular weight is 232 g/mol. The molecule has 3 heteroatoms. The van der Waals surface area contributed by atoms with Gasteiger partial charge in [0, 0.05) is 5.75 Å². The minimum Gasteiger partial charge on any atom is -0.378 e. The van der Waals surface area contributed by atoms with Gasteiger partial charge >= 0.3 is 0 Å². The summed E-state index contributed by atoms with van der Waals surface area (Å²) >= 11 is 4.08. The summed E-state index contributed by atoms with van der Waals surface area (Å²) in [6.07, 6.45) is 7.01. The average Bonchev–Trinajstić information content (AvgIpc) is 2.29. The third kappa shape index (κ3) is 5.79. The molecule has 1 fully saturated rings. The maximum absolute atomic E-state index is 5.81. The summed E-state index contributed by atoms with van der Waals surface area (Å²) in [4.78, 5) is 0. The molecular formula is C12H24O2S. The fraction of sp³-hybridized carbons (Fsp3) is 1.00. The van der Waals surface area contributed by atoms with Crippen LogP contribution in [0.3, 0.4) is 0 Å². The van der Waals surface area contributed by atoms with Gasteiger partial charge in [0.1, 0.15) is 0 Å². The van der Waals surface area contributed by atoms with Crippen LogP contribution in [0, 0.1) is 5.92 Å². The number of thiol groups is 1. The molecule has 2 atom stereocenters. The second-order valence-electron chi connectivity index (χ2n) is 4.27. The highest BCUT2D eigenvalue weighted by Crippen LogP contribution is 2.28. The molecule has 0 aromatic heterocycles. The molecule has 1 rings (SSSR count). The lowest BCUT2D eigenvalue weighted by Crippen LogP contribution is -2.24. The minimum absolute atomic E-state index is 0.489. The van der Waals surface area contributed by atoms with Crippen molar-refractivity contribution in [3.63, 3.8) is 0 Å². The highest BCUT2D eigenvalue weighted by atomic mass is 32.1. The van der Waals surface area contributed by atoms with Crippen molar-refractivity contribution in [2.45, 2.75) is 45.1 Å². The normalized spacial score (nSPS) is 26.8. The van der Waals surface area contributed by atoms with Gasteiger partial charge in [0.15, 0.2) is 0 Å². The Bertz CT molecular complexity index is 153. The fourth-order valence-corrected chi connectivity index (χ4v) is 2.33. The third-order valence-electron chi connectivity index (χ3n) is 3.13.